The molecule has 0 radical (unpaired) electrons. The highest BCUT2D eigenvalue weighted by Gasteiger charge is 2.03. The molecule has 4 heteroatoms. The second-order valence-electron chi connectivity index (χ2n) is 3.86. The number of nitrogens with zero attached hydrogens (tertiary/aromatic N) is 1. The minimum atomic E-state index is 0.651. The zero-order chi connectivity index (χ0) is 13.0. The van der Waals surface area contributed by atoms with E-state index < -0.39 is 0 Å². The molecule has 0 spiro atoms. The largest absolute Gasteiger partial charge is 0.279 e. The van der Waals surface area contributed by atoms with Crippen molar-refractivity contribution in [3.8, 4) is 0 Å². The molecule has 2 aromatic carbocycles. The van der Waals surface area contributed by atoms with Crippen LogP contribution < -0.4 is 5.43 Å². The van der Waals surface area contributed by atoms with Gasteiger partial charge in [0.05, 0.1) is 16.9 Å². The third-order valence-electron chi connectivity index (χ3n) is 2.42. The minimum absolute atomic E-state index is 0.651. The van der Waals surface area contributed by atoms with E-state index in [1.165, 1.54) is 0 Å². The van der Waals surface area contributed by atoms with E-state index in [1.54, 1.807) is 12.3 Å². The van der Waals surface area contributed by atoms with Gasteiger partial charge in [0.15, 0.2) is 0 Å². The van der Waals surface area contributed by atoms with Crippen LogP contribution in [-0.4, -0.2) is 6.21 Å². The first-order valence-corrected chi connectivity index (χ1v) is 6.22. The van der Waals surface area contributed by atoms with Crippen LogP contribution in [0.2, 0.25) is 10.0 Å². The highest BCUT2D eigenvalue weighted by molar-refractivity contribution is 6.35. The summed E-state index contributed by atoms with van der Waals surface area (Å²) in [7, 11) is 0. The van der Waals surface area contributed by atoms with Gasteiger partial charge in [-0.15, -0.1) is 0 Å². The van der Waals surface area contributed by atoms with Gasteiger partial charge in [0.1, 0.15) is 0 Å². The first kappa shape index (κ1) is 12.9. The lowest BCUT2D eigenvalue weighted by Crippen LogP contribution is -1.92. The van der Waals surface area contributed by atoms with Gasteiger partial charge in [-0.25, -0.2) is 0 Å². The van der Waals surface area contributed by atoms with Gasteiger partial charge in [0, 0.05) is 10.6 Å². The lowest BCUT2D eigenvalue weighted by Gasteiger charge is -2.03. The summed E-state index contributed by atoms with van der Waals surface area (Å²) in [6, 6.07) is 13.3. The average molecular weight is 279 g/mol. The lowest BCUT2D eigenvalue weighted by atomic mass is 10.1. The van der Waals surface area contributed by atoms with Crippen molar-refractivity contribution >= 4 is 35.1 Å². The van der Waals surface area contributed by atoms with Crippen molar-refractivity contribution in [2.24, 2.45) is 5.10 Å². The Morgan fingerprint density at radius 3 is 2.56 bits per heavy atom. The number of aryl methyl sites for hydroxylation is 1. The molecule has 0 heterocycles. The van der Waals surface area contributed by atoms with Crippen LogP contribution in [0, 0.1) is 6.92 Å². The Hall–Kier alpha value is -1.51. The Morgan fingerprint density at radius 2 is 1.83 bits per heavy atom. The Balaban J connectivity index is 2.15. The molecule has 0 atom stereocenters. The molecule has 0 aliphatic rings. The molecule has 2 rings (SSSR count). The van der Waals surface area contributed by atoms with Crippen molar-refractivity contribution in [1.29, 1.82) is 0 Å². The fourth-order valence-corrected chi connectivity index (χ4v) is 1.97. The molecule has 0 aliphatic carbocycles. The van der Waals surface area contributed by atoms with E-state index in [1.807, 2.05) is 43.3 Å². The van der Waals surface area contributed by atoms with Gasteiger partial charge in [-0.3, -0.25) is 5.43 Å². The van der Waals surface area contributed by atoms with Gasteiger partial charge < -0.3 is 0 Å². The second kappa shape index (κ2) is 5.89. The van der Waals surface area contributed by atoms with Crippen molar-refractivity contribution in [2.75, 3.05) is 5.43 Å². The molecular formula is C14H12Cl2N2. The highest BCUT2D eigenvalue weighted by Crippen LogP contribution is 2.23. The van der Waals surface area contributed by atoms with Gasteiger partial charge in [0.2, 0.25) is 0 Å². The molecule has 0 fully saturated rings. The smallest absolute Gasteiger partial charge is 0.0561 e. The van der Waals surface area contributed by atoms with Crippen molar-refractivity contribution < 1.29 is 0 Å². The minimum Gasteiger partial charge on any atom is -0.279 e. The summed E-state index contributed by atoms with van der Waals surface area (Å²) in [6.07, 6.45) is 1.66. The quantitative estimate of drug-likeness (QED) is 0.636. The predicted molar refractivity (Wildman–Crippen MR) is 78.9 cm³/mol. The van der Waals surface area contributed by atoms with Crippen LogP contribution in [0.5, 0.6) is 0 Å². The maximum absolute atomic E-state index is 6.17. The van der Waals surface area contributed by atoms with Crippen LogP contribution in [-0.2, 0) is 0 Å². The van der Waals surface area contributed by atoms with Crippen molar-refractivity contribution in [3.05, 3.63) is 63.6 Å². The van der Waals surface area contributed by atoms with Gasteiger partial charge in [0.25, 0.3) is 0 Å². The van der Waals surface area contributed by atoms with E-state index in [-0.39, 0.29) is 0 Å². The Kier molecular flexibility index (Phi) is 4.24. The first-order chi connectivity index (χ1) is 8.66. The Bertz CT molecular complexity index is 566. The molecule has 0 bridgehead atoms. The highest BCUT2D eigenvalue weighted by atomic mass is 35.5. The second-order valence-corrected chi connectivity index (χ2v) is 4.68. The number of halogens is 2. The maximum atomic E-state index is 6.17. The number of rotatable bonds is 3. The van der Waals surface area contributed by atoms with E-state index in [2.05, 4.69) is 10.5 Å². The zero-order valence-electron chi connectivity index (χ0n) is 9.82. The zero-order valence-corrected chi connectivity index (χ0v) is 11.3. The van der Waals surface area contributed by atoms with Gasteiger partial charge in [-0.1, -0.05) is 41.4 Å². The summed E-state index contributed by atoms with van der Waals surface area (Å²) in [4.78, 5) is 0. The number of para-hydroxylation sites is 1. The fourth-order valence-electron chi connectivity index (χ4n) is 1.53. The first-order valence-electron chi connectivity index (χ1n) is 5.46. The fraction of sp³-hybridized carbons (Fsp3) is 0.0714. The molecule has 0 aromatic heterocycles. The maximum Gasteiger partial charge on any atom is 0.0561 e. The molecule has 1 N–H and O–H groups in total. The lowest BCUT2D eigenvalue weighted by molar-refractivity contribution is 1.35. The molecule has 0 unspecified atom stereocenters. The van der Waals surface area contributed by atoms with Crippen molar-refractivity contribution in [3.63, 3.8) is 0 Å². The normalized spacial score (nSPS) is 10.8. The summed E-state index contributed by atoms with van der Waals surface area (Å²) in [5, 5.41) is 5.45. The molecule has 0 saturated carbocycles. The Labute approximate surface area is 116 Å². The molecule has 92 valence electrons. The standard InChI is InChI=1S/C14H12Cl2N2/c1-10-7-12(15)8-11(14(10)16)9-17-18-13-5-3-2-4-6-13/h2-9,18H,1H3. The van der Waals surface area contributed by atoms with Gasteiger partial charge in [-0.05, 0) is 36.8 Å². The monoisotopic (exact) mass is 278 g/mol. The molecule has 18 heavy (non-hydrogen) atoms. The summed E-state index contributed by atoms with van der Waals surface area (Å²) < 4.78 is 0. The van der Waals surface area contributed by atoms with Crippen LogP contribution in [0.3, 0.4) is 0 Å². The van der Waals surface area contributed by atoms with Crippen LogP contribution in [0.4, 0.5) is 5.69 Å². The van der Waals surface area contributed by atoms with E-state index in [0.717, 1.165) is 16.8 Å². The molecule has 0 saturated heterocycles. The number of nitrogens with one attached hydrogen (secondary N) is 1. The number of anilines is 1. The van der Waals surface area contributed by atoms with E-state index >= 15 is 0 Å². The Morgan fingerprint density at radius 1 is 1.11 bits per heavy atom. The molecule has 2 aromatic rings. The van der Waals surface area contributed by atoms with Crippen LogP contribution in [0.15, 0.2) is 47.6 Å². The van der Waals surface area contributed by atoms with Gasteiger partial charge in [-0.2, -0.15) is 5.10 Å². The van der Waals surface area contributed by atoms with Crippen LogP contribution in [0.25, 0.3) is 0 Å². The molecule has 0 aliphatic heterocycles. The molecule has 2 nitrogen and oxygen atoms in total. The SMILES string of the molecule is Cc1cc(Cl)cc(C=NNc2ccccc2)c1Cl. The predicted octanol–water partition coefficient (Wildman–Crippen LogP) is 4.75. The molecule has 0 amide bonds. The van der Waals surface area contributed by atoms with Crippen LogP contribution in [0.1, 0.15) is 11.1 Å². The summed E-state index contributed by atoms with van der Waals surface area (Å²) in [6.45, 7) is 1.91. The number of benzene rings is 2. The average Bonchev–Trinajstić information content (AvgIpc) is 2.36. The van der Waals surface area contributed by atoms with Crippen LogP contribution >= 0.6 is 23.2 Å². The summed E-state index contributed by atoms with van der Waals surface area (Å²) >= 11 is 12.1. The summed E-state index contributed by atoms with van der Waals surface area (Å²) in [5.41, 5.74) is 5.58. The molecular weight excluding hydrogens is 267 g/mol. The third kappa shape index (κ3) is 3.25. The topological polar surface area (TPSA) is 24.4 Å². The number of hydrazone groups is 1. The number of hydrogen-bond donors (Lipinski definition) is 1. The van der Waals surface area contributed by atoms with Gasteiger partial charge >= 0.3 is 0 Å². The summed E-state index contributed by atoms with van der Waals surface area (Å²) in [5.74, 6) is 0. The number of hydrogen-bond acceptors (Lipinski definition) is 2. The van der Waals surface area contributed by atoms with Crippen molar-refractivity contribution in [1.82, 2.24) is 0 Å². The van der Waals surface area contributed by atoms with E-state index in [4.69, 9.17) is 23.2 Å². The third-order valence-corrected chi connectivity index (χ3v) is 3.15. The van der Waals surface area contributed by atoms with E-state index in [9.17, 15) is 0 Å². The van der Waals surface area contributed by atoms with E-state index in [0.29, 0.717) is 10.0 Å². The van der Waals surface area contributed by atoms with Crippen molar-refractivity contribution in [2.45, 2.75) is 6.92 Å².